The lowest BCUT2D eigenvalue weighted by molar-refractivity contribution is 0.0992. The normalized spacial score (nSPS) is 14.1. The fourth-order valence-electron chi connectivity index (χ4n) is 3.92. The van der Waals surface area contributed by atoms with Crippen LogP contribution in [0.2, 0.25) is 0 Å². The van der Waals surface area contributed by atoms with Crippen molar-refractivity contribution in [3.8, 4) is 17.3 Å². The van der Waals surface area contributed by atoms with Crippen molar-refractivity contribution in [3.05, 3.63) is 71.5 Å². The van der Waals surface area contributed by atoms with Gasteiger partial charge in [0.1, 0.15) is 5.82 Å². The number of anilines is 2. The molecule has 1 aliphatic heterocycles. The number of carbonyl (C=O) groups is 1. The summed E-state index contributed by atoms with van der Waals surface area (Å²) in [4.78, 5) is 26.0. The molecule has 7 heteroatoms. The van der Waals surface area contributed by atoms with Gasteiger partial charge in [-0.15, -0.1) is 0 Å². The minimum atomic E-state index is -0.245. The number of amides is 1. The second-order valence-corrected chi connectivity index (χ2v) is 7.94. The van der Waals surface area contributed by atoms with Crippen molar-refractivity contribution < 1.29 is 9.90 Å². The number of hydrogen-bond acceptors (Lipinski definition) is 6. The lowest BCUT2D eigenvalue weighted by Gasteiger charge is -2.31. The van der Waals surface area contributed by atoms with Crippen molar-refractivity contribution in [2.75, 3.05) is 29.9 Å². The van der Waals surface area contributed by atoms with Gasteiger partial charge in [0.15, 0.2) is 0 Å². The van der Waals surface area contributed by atoms with E-state index in [0.717, 1.165) is 31.7 Å². The number of aliphatic hydroxyl groups excluding tert-OH is 1. The van der Waals surface area contributed by atoms with Crippen LogP contribution in [-0.4, -0.2) is 47.2 Å². The molecule has 0 spiro atoms. The monoisotopic (exact) mass is 427 g/mol. The first-order chi connectivity index (χ1) is 15.5. The average molecular weight is 428 g/mol. The zero-order chi connectivity index (χ0) is 22.7. The number of carbonyl (C=O) groups excluding carboxylic acids is 1. The molecule has 2 aromatic heterocycles. The van der Waals surface area contributed by atoms with Gasteiger partial charge in [-0.2, -0.15) is 5.26 Å². The van der Waals surface area contributed by atoms with E-state index in [1.54, 1.807) is 30.3 Å². The van der Waals surface area contributed by atoms with E-state index in [1.165, 1.54) is 0 Å². The molecule has 32 heavy (non-hydrogen) atoms. The second kappa shape index (κ2) is 9.16. The highest BCUT2D eigenvalue weighted by Crippen LogP contribution is 2.28. The van der Waals surface area contributed by atoms with Crippen molar-refractivity contribution in [2.24, 2.45) is 0 Å². The summed E-state index contributed by atoms with van der Waals surface area (Å²) in [6, 6.07) is 16.7. The molecule has 7 nitrogen and oxygen atoms in total. The Morgan fingerprint density at radius 2 is 1.97 bits per heavy atom. The lowest BCUT2D eigenvalue weighted by atomic mass is 10.0. The van der Waals surface area contributed by atoms with Gasteiger partial charge < -0.3 is 14.9 Å². The number of nitrogens with zero attached hydrogens (tertiary/aromatic N) is 5. The zero-order valence-electron chi connectivity index (χ0n) is 18.2. The molecule has 0 bridgehead atoms. The van der Waals surface area contributed by atoms with Crippen LogP contribution in [0.1, 0.15) is 34.5 Å². The molecule has 0 atom stereocenters. The summed E-state index contributed by atoms with van der Waals surface area (Å²) in [5.74, 6) is 0.650. The smallest absolute Gasteiger partial charge is 0.259 e. The van der Waals surface area contributed by atoms with E-state index >= 15 is 0 Å². The minimum Gasteiger partial charge on any atom is -0.393 e. The van der Waals surface area contributed by atoms with Crippen molar-refractivity contribution >= 4 is 17.4 Å². The van der Waals surface area contributed by atoms with Crippen LogP contribution in [0.25, 0.3) is 11.3 Å². The molecule has 0 unspecified atom stereocenters. The summed E-state index contributed by atoms with van der Waals surface area (Å²) in [6.45, 7) is 3.34. The predicted octanol–water partition coefficient (Wildman–Crippen LogP) is 3.56. The molecule has 1 amide bonds. The van der Waals surface area contributed by atoms with Gasteiger partial charge in [-0.1, -0.05) is 6.07 Å². The first-order valence-corrected chi connectivity index (χ1v) is 10.6. The highest BCUT2D eigenvalue weighted by atomic mass is 16.3. The third-order valence-corrected chi connectivity index (χ3v) is 5.85. The Labute approximate surface area is 187 Å². The topological polar surface area (TPSA) is 93.4 Å². The molecule has 1 fully saturated rings. The van der Waals surface area contributed by atoms with Gasteiger partial charge >= 0.3 is 0 Å². The maximum Gasteiger partial charge on any atom is 0.259 e. The van der Waals surface area contributed by atoms with Gasteiger partial charge in [-0.25, -0.2) is 4.98 Å². The molecule has 3 heterocycles. The summed E-state index contributed by atoms with van der Waals surface area (Å²) < 4.78 is 0. The SMILES string of the molecule is Cc1nc(N2CCC(O)CC2)ccc1C(=O)N(C)c1ccc(C#N)c(-c2ccccn2)c1. The fourth-order valence-corrected chi connectivity index (χ4v) is 3.92. The van der Waals surface area contributed by atoms with E-state index in [0.29, 0.717) is 33.8 Å². The molecule has 1 aromatic carbocycles. The Morgan fingerprint density at radius 3 is 2.62 bits per heavy atom. The number of aromatic nitrogens is 2. The molecule has 0 saturated carbocycles. The van der Waals surface area contributed by atoms with Gasteiger partial charge in [-0.05, 0) is 62.2 Å². The van der Waals surface area contributed by atoms with Gasteiger partial charge in [0.2, 0.25) is 0 Å². The molecule has 1 saturated heterocycles. The average Bonchev–Trinajstić information content (AvgIpc) is 2.83. The predicted molar refractivity (Wildman–Crippen MR) is 124 cm³/mol. The standard InChI is InChI=1S/C25H25N5O2/c1-17-21(8-9-24(28-17)30-13-10-20(31)11-14-30)25(32)29(2)19-7-6-18(16-26)22(15-19)23-5-3-4-12-27-23/h3-9,12,15,20,31H,10-11,13-14H2,1-2H3. The highest BCUT2D eigenvalue weighted by Gasteiger charge is 2.22. The third-order valence-electron chi connectivity index (χ3n) is 5.85. The van der Waals surface area contributed by atoms with Crippen LogP contribution in [0.3, 0.4) is 0 Å². The number of benzene rings is 1. The van der Waals surface area contributed by atoms with Crippen LogP contribution in [0, 0.1) is 18.3 Å². The number of hydrogen-bond donors (Lipinski definition) is 1. The van der Waals surface area contributed by atoms with E-state index in [2.05, 4.69) is 20.9 Å². The number of rotatable bonds is 4. The van der Waals surface area contributed by atoms with Crippen LogP contribution >= 0.6 is 0 Å². The molecule has 1 N–H and O–H groups in total. The van der Waals surface area contributed by atoms with Gasteiger partial charge in [0, 0.05) is 37.6 Å². The minimum absolute atomic E-state index is 0.174. The molecule has 4 rings (SSSR count). The highest BCUT2D eigenvalue weighted by molar-refractivity contribution is 6.06. The number of aliphatic hydroxyl groups is 1. The molecule has 3 aromatic rings. The molecular weight excluding hydrogens is 402 g/mol. The maximum atomic E-state index is 13.3. The van der Waals surface area contributed by atoms with Gasteiger partial charge in [-0.3, -0.25) is 9.78 Å². The fraction of sp³-hybridized carbons (Fsp3) is 0.280. The molecular formula is C25H25N5O2. The summed E-state index contributed by atoms with van der Waals surface area (Å²) in [7, 11) is 1.71. The number of pyridine rings is 2. The van der Waals surface area contributed by atoms with Crippen LogP contribution in [-0.2, 0) is 0 Å². The number of nitriles is 1. The first-order valence-electron chi connectivity index (χ1n) is 10.6. The molecule has 0 radical (unpaired) electrons. The van der Waals surface area contributed by atoms with Crippen molar-refractivity contribution in [3.63, 3.8) is 0 Å². The van der Waals surface area contributed by atoms with Crippen LogP contribution in [0.4, 0.5) is 11.5 Å². The molecule has 162 valence electrons. The van der Waals surface area contributed by atoms with Crippen LogP contribution in [0.5, 0.6) is 0 Å². The number of piperidine rings is 1. The van der Waals surface area contributed by atoms with Crippen LogP contribution in [0.15, 0.2) is 54.7 Å². The van der Waals surface area contributed by atoms with Crippen molar-refractivity contribution in [1.29, 1.82) is 5.26 Å². The quantitative estimate of drug-likeness (QED) is 0.684. The van der Waals surface area contributed by atoms with Crippen molar-refractivity contribution in [1.82, 2.24) is 9.97 Å². The number of aryl methyl sites for hydroxylation is 1. The summed E-state index contributed by atoms with van der Waals surface area (Å²) in [5.41, 5.74) is 3.72. The zero-order valence-corrected chi connectivity index (χ0v) is 18.2. The second-order valence-electron chi connectivity index (χ2n) is 7.94. The van der Waals surface area contributed by atoms with E-state index in [-0.39, 0.29) is 12.0 Å². The summed E-state index contributed by atoms with van der Waals surface area (Å²) in [6.07, 6.45) is 2.88. The Hall–Kier alpha value is -3.76. The molecule has 1 aliphatic rings. The molecule has 0 aliphatic carbocycles. The van der Waals surface area contributed by atoms with E-state index < -0.39 is 0 Å². The van der Waals surface area contributed by atoms with E-state index in [9.17, 15) is 15.2 Å². The summed E-state index contributed by atoms with van der Waals surface area (Å²) in [5, 5.41) is 19.2. The first kappa shape index (κ1) is 21.5. The van der Waals surface area contributed by atoms with Crippen molar-refractivity contribution in [2.45, 2.75) is 25.9 Å². The van der Waals surface area contributed by atoms with E-state index in [4.69, 9.17) is 0 Å². The largest absolute Gasteiger partial charge is 0.393 e. The van der Waals surface area contributed by atoms with E-state index in [1.807, 2.05) is 43.3 Å². The maximum absolute atomic E-state index is 13.3. The lowest BCUT2D eigenvalue weighted by Crippen LogP contribution is -2.36. The Balaban J connectivity index is 1.59. The van der Waals surface area contributed by atoms with Crippen LogP contribution < -0.4 is 9.80 Å². The Kier molecular flexibility index (Phi) is 6.15. The summed E-state index contributed by atoms with van der Waals surface area (Å²) >= 11 is 0. The van der Waals surface area contributed by atoms with Gasteiger partial charge in [0.05, 0.1) is 34.7 Å². The third kappa shape index (κ3) is 4.32. The van der Waals surface area contributed by atoms with Gasteiger partial charge in [0.25, 0.3) is 5.91 Å². The Morgan fingerprint density at radius 1 is 1.19 bits per heavy atom. The Bertz CT molecular complexity index is 1160.